The predicted molar refractivity (Wildman–Crippen MR) is 109 cm³/mol. The fourth-order valence-corrected chi connectivity index (χ4v) is 3.39. The van der Waals surface area contributed by atoms with Crippen molar-refractivity contribution in [2.24, 2.45) is 0 Å². The Morgan fingerprint density at radius 2 is 1.67 bits per heavy atom. The van der Waals surface area contributed by atoms with Crippen LogP contribution in [0.4, 0.5) is 0 Å². The van der Waals surface area contributed by atoms with E-state index >= 15 is 0 Å². The van der Waals surface area contributed by atoms with Gasteiger partial charge >= 0.3 is 0 Å². The minimum atomic E-state index is 0.570. The molecule has 0 bridgehead atoms. The molecule has 142 valence electrons. The van der Waals surface area contributed by atoms with E-state index in [4.69, 9.17) is 14.2 Å². The lowest BCUT2D eigenvalue weighted by Gasteiger charge is -2.13. The van der Waals surface area contributed by atoms with Crippen LogP contribution in [-0.2, 0) is 19.7 Å². The molecule has 1 heterocycles. The third-order valence-electron chi connectivity index (χ3n) is 4.18. The van der Waals surface area contributed by atoms with Crippen LogP contribution in [0.3, 0.4) is 0 Å². The fraction of sp³-hybridized carbons (Fsp3) is 0.273. The van der Waals surface area contributed by atoms with E-state index in [2.05, 4.69) is 41.0 Å². The largest absolute Gasteiger partial charge is 0.497 e. The highest BCUT2D eigenvalue weighted by Crippen LogP contribution is 2.29. The standard InChI is InChI=1S/C22H25NO3S/c1-3-25-22-13-18(8-11-21(22)26-16-20-5-4-12-27-20)15-23-14-17-6-9-19(24-2)10-7-17/h4-13,23H,3,14-16H2,1-2H3/p+1. The van der Waals surface area contributed by atoms with Gasteiger partial charge in [-0.3, -0.25) is 0 Å². The van der Waals surface area contributed by atoms with Gasteiger partial charge in [0.1, 0.15) is 25.4 Å². The summed E-state index contributed by atoms with van der Waals surface area (Å²) in [6, 6.07) is 18.5. The summed E-state index contributed by atoms with van der Waals surface area (Å²) in [6.07, 6.45) is 0. The van der Waals surface area contributed by atoms with Gasteiger partial charge in [-0.2, -0.15) is 0 Å². The van der Waals surface area contributed by atoms with E-state index in [1.807, 2.05) is 31.2 Å². The summed E-state index contributed by atoms with van der Waals surface area (Å²) in [4.78, 5) is 1.20. The zero-order valence-corrected chi connectivity index (χ0v) is 16.6. The lowest BCUT2D eigenvalue weighted by atomic mass is 10.2. The Bertz CT molecular complexity index is 816. The van der Waals surface area contributed by atoms with E-state index in [1.54, 1.807) is 18.4 Å². The molecule has 0 unspecified atom stereocenters. The SMILES string of the molecule is CCOc1cc(C[NH2+]Cc2ccc(OC)cc2)ccc1OCc1cccs1. The third kappa shape index (κ3) is 5.74. The number of thiophene rings is 1. The van der Waals surface area contributed by atoms with Gasteiger partial charge in [0.25, 0.3) is 0 Å². The highest BCUT2D eigenvalue weighted by molar-refractivity contribution is 7.09. The summed E-state index contributed by atoms with van der Waals surface area (Å²) in [7, 11) is 1.69. The number of rotatable bonds is 10. The van der Waals surface area contributed by atoms with Crippen molar-refractivity contribution >= 4 is 11.3 Å². The highest BCUT2D eigenvalue weighted by Gasteiger charge is 2.08. The highest BCUT2D eigenvalue weighted by atomic mass is 32.1. The summed E-state index contributed by atoms with van der Waals surface area (Å²) in [6.45, 7) is 4.99. The second-order valence-corrected chi connectivity index (χ2v) is 7.16. The average Bonchev–Trinajstić information content (AvgIpc) is 3.22. The van der Waals surface area contributed by atoms with Crippen LogP contribution < -0.4 is 19.5 Å². The number of hydrogen-bond donors (Lipinski definition) is 1. The molecule has 4 nitrogen and oxygen atoms in total. The Balaban J connectivity index is 1.57. The lowest BCUT2D eigenvalue weighted by Crippen LogP contribution is -2.80. The van der Waals surface area contributed by atoms with Crippen LogP contribution in [0.15, 0.2) is 60.0 Å². The van der Waals surface area contributed by atoms with Crippen LogP contribution >= 0.6 is 11.3 Å². The van der Waals surface area contributed by atoms with Crippen molar-refractivity contribution in [2.75, 3.05) is 13.7 Å². The zero-order chi connectivity index (χ0) is 18.9. The van der Waals surface area contributed by atoms with Gasteiger partial charge in [0.05, 0.1) is 13.7 Å². The van der Waals surface area contributed by atoms with Crippen molar-refractivity contribution in [1.29, 1.82) is 0 Å². The molecule has 0 saturated heterocycles. The van der Waals surface area contributed by atoms with Crippen LogP contribution in [0, 0.1) is 0 Å². The Hall–Kier alpha value is -2.50. The van der Waals surface area contributed by atoms with Crippen LogP contribution in [0.2, 0.25) is 0 Å². The molecule has 0 atom stereocenters. The van der Waals surface area contributed by atoms with Crippen LogP contribution in [-0.4, -0.2) is 13.7 Å². The summed E-state index contributed by atoms with van der Waals surface area (Å²) >= 11 is 1.70. The fourth-order valence-electron chi connectivity index (χ4n) is 2.78. The molecule has 5 heteroatoms. The first kappa shape index (κ1) is 19.3. The van der Waals surface area contributed by atoms with Crippen molar-refractivity contribution in [1.82, 2.24) is 0 Å². The van der Waals surface area contributed by atoms with Crippen molar-refractivity contribution in [3.05, 3.63) is 76.0 Å². The monoisotopic (exact) mass is 384 g/mol. The van der Waals surface area contributed by atoms with E-state index in [0.717, 1.165) is 30.3 Å². The molecule has 0 spiro atoms. The Morgan fingerprint density at radius 1 is 0.889 bits per heavy atom. The third-order valence-corrected chi connectivity index (χ3v) is 5.03. The molecule has 0 radical (unpaired) electrons. The van der Waals surface area contributed by atoms with Gasteiger partial charge in [0, 0.05) is 16.0 Å². The number of quaternary nitrogens is 1. The molecule has 3 aromatic rings. The van der Waals surface area contributed by atoms with Gasteiger partial charge in [0.2, 0.25) is 0 Å². The summed E-state index contributed by atoms with van der Waals surface area (Å²) in [5.74, 6) is 2.49. The maximum Gasteiger partial charge on any atom is 0.161 e. The lowest BCUT2D eigenvalue weighted by molar-refractivity contribution is -0.686. The van der Waals surface area contributed by atoms with Crippen LogP contribution in [0.5, 0.6) is 17.2 Å². The van der Waals surface area contributed by atoms with Gasteiger partial charge in [-0.1, -0.05) is 6.07 Å². The molecule has 0 saturated carbocycles. The number of benzene rings is 2. The van der Waals surface area contributed by atoms with E-state index < -0.39 is 0 Å². The second kappa shape index (κ2) is 10.00. The van der Waals surface area contributed by atoms with Crippen molar-refractivity contribution in [3.8, 4) is 17.2 Å². The maximum atomic E-state index is 5.95. The Morgan fingerprint density at radius 3 is 2.37 bits per heavy atom. The van der Waals surface area contributed by atoms with Crippen LogP contribution in [0.25, 0.3) is 0 Å². The minimum Gasteiger partial charge on any atom is -0.497 e. The first-order valence-electron chi connectivity index (χ1n) is 9.14. The van der Waals surface area contributed by atoms with Crippen molar-refractivity contribution < 1.29 is 19.5 Å². The van der Waals surface area contributed by atoms with Gasteiger partial charge < -0.3 is 19.5 Å². The molecule has 2 aromatic carbocycles. The quantitative estimate of drug-likeness (QED) is 0.575. The molecule has 0 fully saturated rings. The Labute approximate surface area is 164 Å². The van der Waals surface area contributed by atoms with Gasteiger partial charge in [-0.25, -0.2) is 0 Å². The number of methoxy groups -OCH3 is 1. The van der Waals surface area contributed by atoms with Crippen molar-refractivity contribution in [3.63, 3.8) is 0 Å². The zero-order valence-electron chi connectivity index (χ0n) is 15.8. The molecule has 2 N–H and O–H groups in total. The Kier molecular flexibility index (Phi) is 7.13. The first-order valence-corrected chi connectivity index (χ1v) is 10.0. The molecular weight excluding hydrogens is 358 g/mol. The number of hydrogen-bond acceptors (Lipinski definition) is 4. The van der Waals surface area contributed by atoms with Gasteiger partial charge in [0.15, 0.2) is 11.5 Å². The smallest absolute Gasteiger partial charge is 0.161 e. The minimum absolute atomic E-state index is 0.570. The predicted octanol–water partition coefficient (Wildman–Crippen LogP) is 4.00. The van der Waals surface area contributed by atoms with E-state index in [1.165, 1.54) is 16.0 Å². The topological polar surface area (TPSA) is 44.3 Å². The van der Waals surface area contributed by atoms with E-state index in [9.17, 15) is 0 Å². The van der Waals surface area contributed by atoms with Gasteiger partial charge in [-0.05, 0) is 60.8 Å². The molecule has 0 aliphatic heterocycles. The molecular formula is C22H26NO3S+. The second-order valence-electron chi connectivity index (χ2n) is 6.13. The summed E-state index contributed by atoms with van der Waals surface area (Å²) in [5.41, 5.74) is 2.49. The van der Waals surface area contributed by atoms with Crippen LogP contribution in [0.1, 0.15) is 22.9 Å². The number of ether oxygens (including phenoxy) is 3. The van der Waals surface area contributed by atoms with Gasteiger partial charge in [-0.15, -0.1) is 11.3 Å². The average molecular weight is 385 g/mol. The maximum absolute atomic E-state index is 5.95. The number of nitrogens with two attached hydrogens (primary N) is 1. The first-order chi connectivity index (χ1) is 13.3. The molecule has 0 amide bonds. The molecule has 3 rings (SSSR count). The summed E-state index contributed by atoms with van der Waals surface area (Å²) in [5, 5.41) is 4.34. The normalized spacial score (nSPS) is 10.6. The summed E-state index contributed by atoms with van der Waals surface area (Å²) < 4.78 is 16.9. The van der Waals surface area contributed by atoms with Crippen molar-refractivity contribution in [2.45, 2.75) is 26.6 Å². The van der Waals surface area contributed by atoms with E-state index in [-0.39, 0.29) is 0 Å². The molecule has 27 heavy (non-hydrogen) atoms. The van der Waals surface area contributed by atoms with E-state index in [0.29, 0.717) is 13.2 Å². The molecule has 1 aromatic heterocycles. The molecule has 0 aliphatic rings. The molecule has 0 aliphatic carbocycles.